The molecular formula is C15H22N2O3. The first-order chi connectivity index (χ1) is 9.42. The highest BCUT2D eigenvalue weighted by atomic mass is 16.5. The van der Waals surface area contributed by atoms with E-state index in [4.69, 9.17) is 10.5 Å². The number of carbonyl (C=O) groups is 1. The Morgan fingerprint density at radius 3 is 2.75 bits per heavy atom. The molecule has 3 unspecified atom stereocenters. The Labute approximate surface area is 119 Å². The van der Waals surface area contributed by atoms with Crippen LogP contribution in [0.5, 0.6) is 0 Å². The molecule has 0 spiro atoms. The van der Waals surface area contributed by atoms with Crippen LogP contribution in [0.25, 0.3) is 0 Å². The zero-order valence-electron chi connectivity index (χ0n) is 11.9. The van der Waals surface area contributed by atoms with E-state index in [1.165, 1.54) is 0 Å². The second-order valence-electron chi connectivity index (χ2n) is 5.47. The van der Waals surface area contributed by atoms with E-state index in [9.17, 15) is 9.90 Å². The van der Waals surface area contributed by atoms with Gasteiger partial charge in [0, 0.05) is 19.6 Å². The maximum Gasteiger partial charge on any atom is 0.241 e. The lowest BCUT2D eigenvalue weighted by molar-refractivity contribution is -0.124. The number of benzene rings is 1. The Morgan fingerprint density at radius 1 is 1.55 bits per heavy atom. The number of aryl methyl sites for hydroxylation is 1. The van der Waals surface area contributed by atoms with Gasteiger partial charge in [-0.3, -0.25) is 4.79 Å². The summed E-state index contributed by atoms with van der Waals surface area (Å²) in [6.07, 6.45) is 0.243. The van der Waals surface area contributed by atoms with Gasteiger partial charge in [0.1, 0.15) is 11.6 Å². The molecule has 0 bridgehead atoms. The van der Waals surface area contributed by atoms with Crippen molar-refractivity contribution in [1.82, 2.24) is 5.32 Å². The molecule has 1 heterocycles. The van der Waals surface area contributed by atoms with Crippen LogP contribution in [0.4, 0.5) is 0 Å². The number of amides is 1. The first-order valence-corrected chi connectivity index (χ1v) is 6.86. The highest BCUT2D eigenvalue weighted by Crippen LogP contribution is 2.25. The molecule has 1 amide bonds. The number of hydrogen-bond donors (Lipinski definition) is 3. The summed E-state index contributed by atoms with van der Waals surface area (Å²) in [7, 11) is 0. The summed E-state index contributed by atoms with van der Waals surface area (Å²) in [4.78, 5) is 12.0. The SMILES string of the molecule is Cc1ccc(C(N)C(=O)NCC2(O)CCOC2C)cc1. The molecular weight excluding hydrogens is 256 g/mol. The number of hydrogen-bond acceptors (Lipinski definition) is 4. The molecule has 1 aromatic rings. The number of aliphatic hydroxyl groups is 1. The Balaban J connectivity index is 1.93. The number of ether oxygens (including phenoxy) is 1. The van der Waals surface area contributed by atoms with Gasteiger partial charge in [-0.25, -0.2) is 0 Å². The standard InChI is InChI=1S/C15H22N2O3/c1-10-3-5-12(6-4-10)13(16)14(18)17-9-15(19)7-8-20-11(15)2/h3-6,11,13,19H,7-9,16H2,1-2H3,(H,17,18). The predicted molar refractivity (Wildman–Crippen MR) is 76.1 cm³/mol. The smallest absolute Gasteiger partial charge is 0.241 e. The molecule has 1 saturated heterocycles. The summed E-state index contributed by atoms with van der Waals surface area (Å²) in [5, 5.41) is 13.0. The molecule has 3 atom stereocenters. The minimum Gasteiger partial charge on any atom is -0.385 e. The lowest BCUT2D eigenvalue weighted by atomic mass is 9.96. The van der Waals surface area contributed by atoms with Crippen molar-refractivity contribution in [1.29, 1.82) is 0 Å². The number of nitrogens with two attached hydrogens (primary N) is 1. The summed E-state index contributed by atoms with van der Waals surface area (Å²) < 4.78 is 5.33. The molecule has 0 saturated carbocycles. The molecule has 0 aliphatic carbocycles. The normalized spacial score (nSPS) is 27.3. The summed E-state index contributed by atoms with van der Waals surface area (Å²) in [5.41, 5.74) is 6.81. The molecule has 0 aromatic heterocycles. The van der Waals surface area contributed by atoms with Crippen LogP contribution in [0, 0.1) is 6.92 Å². The number of carbonyl (C=O) groups excluding carboxylic acids is 1. The van der Waals surface area contributed by atoms with Gasteiger partial charge in [0.15, 0.2) is 0 Å². The van der Waals surface area contributed by atoms with Crippen LogP contribution in [0.3, 0.4) is 0 Å². The fraction of sp³-hybridized carbons (Fsp3) is 0.533. The molecule has 2 rings (SSSR count). The van der Waals surface area contributed by atoms with Crippen LogP contribution in [0.2, 0.25) is 0 Å². The fourth-order valence-corrected chi connectivity index (χ4v) is 2.28. The van der Waals surface area contributed by atoms with E-state index in [1.54, 1.807) is 6.92 Å². The zero-order valence-corrected chi connectivity index (χ0v) is 11.9. The van der Waals surface area contributed by atoms with Gasteiger partial charge in [-0.2, -0.15) is 0 Å². The van der Waals surface area contributed by atoms with Crippen molar-refractivity contribution >= 4 is 5.91 Å². The summed E-state index contributed by atoms with van der Waals surface area (Å²) >= 11 is 0. The summed E-state index contributed by atoms with van der Waals surface area (Å²) in [6.45, 7) is 4.45. The highest BCUT2D eigenvalue weighted by Gasteiger charge is 2.39. The van der Waals surface area contributed by atoms with Crippen molar-refractivity contribution in [2.45, 2.75) is 38.0 Å². The van der Waals surface area contributed by atoms with E-state index < -0.39 is 11.6 Å². The zero-order chi connectivity index (χ0) is 14.8. The first-order valence-electron chi connectivity index (χ1n) is 6.86. The number of rotatable bonds is 4. The average molecular weight is 278 g/mol. The topological polar surface area (TPSA) is 84.6 Å². The maximum absolute atomic E-state index is 12.0. The molecule has 5 nitrogen and oxygen atoms in total. The van der Waals surface area contributed by atoms with Crippen LogP contribution < -0.4 is 11.1 Å². The lowest BCUT2D eigenvalue weighted by Crippen LogP contribution is -2.49. The fourth-order valence-electron chi connectivity index (χ4n) is 2.28. The Kier molecular flexibility index (Phi) is 4.42. The molecule has 1 aliphatic heterocycles. The molecule has 20 heavy (non-hydrogen) atoms. The Morgan fingerprint density at radius 2 is 2.20 bits per heavy atom. The Hall–Kier alpha value is -1.43. The van der Waals surface area contributed by atoms with E-state index in [-0.39, 0.29) is 18.6 Å². The van der Waals surface area contributed by atoms with Crippen molar-refractivity contribution in [2.75, 3.05) is 13.2 Å². The summed E-state index contributed by atoms with van der Waals surface area (Å²) in [5.74, 6) is -0.290. The van der Waals surface area contributed by atoms with E-state index >= 15 is 0 Å². The average Bonchev–Trinajstić information content (AvgIpc) is 2.76. The largest absolute Gasteiger partial charge is 0.385 e. The third-order valence-corrected chi connectivity index (χ3v) is 3.95. The quantitative estimate of drug-likeness (QED) is 0.755. The van der Waals surface area contributed by atoms with Crippen molar-refractivity contribution in [3.05, 3.63) is 35.4 Å². The van der Waals surface area contributed by atoms with Gasteiger partial charge in [0.05, 0.1) is 6.10 Å². The monoisotopic (exact) mass is 278 g/mol. The van der Waals surface area contributed by atoms with Crippen molar-refractivity contribution in [3.63, 3.8) is 0 Å². The van der Waals surface area contributed by atoms with Crippen molar-refractivity contribution in [2.24, 2.45) is 5.73 Å². The lowest BCUT2D eigenvalue weighted by Gasteiger charge is -2.26. The maximum atomic E-state index is 12.0. The first kappa shape index (κ1) is 15.0. The van der Waals surface area contributed by atoms with Gasteiger partial charge in [-0.1, -0.05) is 29.8 Å². The van der Waals surface area contributed by atoms with Crippen molar-refractivity contribution in [3.8, 4) is 0 Å². The highest BCUT2D eigenvalue weighted by molar-refractivity contribution is 5.83. The molecule has 1 aliphatic rings. The van der Waals surface area contributed by atoms with Gasteiger partial charge < -0.3 is 20.9 Å². The molecule has 5 heteroatoms. The van der Waals surface area contributed by atoms with Gasteiger partial charge in [-0.15, -0.1) is 0 Å². The molecule has 1 aromatic carbocycles. The predicted octanol–water partition coefficient (Wildman–Crippen LogP) is 0.651. The van der Waals surface area contributed by atoms with Gasteiger partial charge in [0.2, 0.25) is 5.91 Å². The van der Waals surface area contributed by atoms with Gasteiger partial charge in [-0.05, 0) is 19.4 Å². The minimum absolute atomic E-state index is 0.159. The van der Waals surface area contributed by atoms with Gasteiger partial charge >= 0.3 is 0 Å². The van der Waals surface area contributed by atoms with Crippen LogP contribution in [0.1, 0.15) is 30.5 Å². The second kappa shape index (κ2) is 5.91. The van der Waals surface area contributed by atoms with E-state index in [0.717, 1.165) is 11.1 Å². The van der Waals surface area contributed by atoms with E-state index in [0.29, 0.717) is 13.0 Å². The number of nitrogens with one attached hydrogen (secondary N) is 1. The molecule has 110 valence electrons. The summed E-state index contributed by atoms with van der Waals surface area (Å²) in [6, 6.07) is 6.80. The molecule has 0 radical (unpaired) electrons. The second-order valence-corrected chi connectivity index (χ2v) is 5.47. The molecule has 1 fully saturated rings. The molecule has 4 N–H and O–H groups in total. The third-order valence-electron chi connectivity index (χ3n) is 3.95. The van der Waals surface area contributed by atoms with Crippen LogP contribution in [-0.2, 0) is 9.53 Å². The third kappa shape index (κ3) is 3.17. The van der Waals surface area contributed by atoms with Crippen LogP contribution in [-0.4, -0.2) is 35.9 Å². The van der Waals surface area contributed by atoms with Gasteiger partial charge in [0.25, 0.3) is 0 Å². The van der Waals surface area contributed by atoms with Crippen LogP contribution in [0.15, 0.2) is 24.3 Å². The van der Waals surface area contributed by atoms with E-state index in [1.807, 2.05) is 31.2 Å². The van der Waals surface area contributed by atoms with Crippen molar-refractivity contribution < 1.29 is 14.6 Å². The van der Waals surface area contributed by atoms with Crippen LogP contribution >= 0.6 is 0 Å². The minimum atomic E-state index is -0.997. The van der Waals surface area contributed by atoms with E-state index in [2.05, 4.69) is 5.32 Å². The Bertz CT molecular complexity index is 475.